The standard InChI is InChI=1S/C13H12N2O/c1-9-7-11(8-15-13(9)14)12(16)10-5-3-2-4-6-10/h2-8H,1H3,(H2,14,15). The summed E-state index contributed by atoms with van der Waals surface area (Å²) in [6.07, 6.45) is 1.51. The summed E-state index contributed by atoms with van der Waals surface area (Å²) in [7, 11) is 0. The first kappa shape index (κ1) is 10.4. The predicted molar refractivity (Wildman–Crippen MR) is 63.3 cm³/mol. The molecule has 0 saturated carbocycles. The second kappa shape index (κ2) is 4.14. The molecule has 1 heterocycles. The van der Waals surface area contributed by atoms with Crippen LogP contribution >= 0.6 is 0 Å². The van der Waals surface area contributed by atoms with Gasteiger partial charge in [0, 0.05) is 17.3 Å². The van der Waals surface area contributed by atoms with Gasteiger partial charge in [0.15, 0.2) is 5.78 Å². The van der Waals surface area contributed by atoms with Crippen molar-refractivity contribution in [3.63, 3.8) is 0 Å². The molecule has 0 radical (unpaired) electrons. The molecular formula is C13H12N2O. The van der Waals surface area contributed by atoms with E-state index >= 15 is 0 Å². The van der Waals surface area contributed by atoms with Gasteiger partial charge in [-0.15, -0.1) is 0 Å². The Balaban J connectivity index is 2.39. The molecule has 0 amide bonds. The lowest BCUT2D eigenvalue weighted by molar-refractivity contribution is 0.103. The number of anilines is 1. The van der Waals surface area contributed by atoms with Crippen molar-refractivity contribution >= 4 is 11.6 Å². The molecule has 0 aliphatic carbocycles. The van der Waals surface area contributed by atoms with Gasteiger partial charge in [-0.1, -0.05) is 30.3 Å². The van der Waals surface area contributed by atoms with Gasteiger partial charge in [0.25, 0.3) is 0 Å². The fourth-order valence-electron chi connectivity index (χ4n) is 1.47. The maximum absolute atomic E-state index is 12.0. The lowest BCUT2D eigenvalue weighted by Gasteiger charge is -2.03. The number of hydrogen-bond donors (Lipinski definition) is 1. The highest BCUT2D eigenvalue weighted by Gasteiger charge is 2.09. The fraction of sp³-hybridized carbons (Fsp3) is 0.0769. The summed E-state index contributed by atoms with van der Waals surface area (Å²) in [5, 5.41) is 0. The first-order valence-electron chi connectivity index (χ1n) is 5.00. The van der Waals surface area contributed by atoms with Gasteiger partial charge in [-0.25, -0.2) is 4.98 Å². The third kappa shape index (κ3) is 1.93. The van der Waals surface area contributed by atoms with Crippen LogP contribution in [0.1, 0.15) is 21.5 Å². The Morgan fingerprint density at radius 2 is 1.88 bits per heavy atom. The minimum Gasteiger partial charge on any atom is -0.383 e. The topological polar surface area (TPSA) is 56.0 Å². The number of nitrogens with two attached hydrogens (primary N) is 1. The molecule has 2 aromatic rings. The molecule has 0 fully saturated rings. The molecule has 0 aliphatic heterocycles. The molecule has 2 rings (SSSR count). The van der Waals surface area contributed by atoms with Gasteiger partial charge in [0.1, 0.15) is 5.82 Å². The molecule has 1 aromatic heterocycles. The molecule has 16 heavy (non-hydrogen) atoms. The highest BCUT2D eigenvalue weighted by atomic mass is 16.1. The second-order valence-electron chi connectivity index (χ2n) is 3.62. The maximum Gasteiger partial charge on any atom is 0.194 e. The molecule has 80 valence electrons. The van der Waals surface area contributed by atoms with Crippen molar-refractivity contribution in [3.8, 4) is 0 Å². The van der Waals surface area contributed by atoms with E-state index in [1.54, 1.807) is 18.2 Å². The number of rotatable bonds is 2. The van der Waals surface area contributed by atoms with Gasteiger partial charge >= 0.3 is 0 Å². The van der Waals surface area contributed by atoms with Crippen LogP contribution in [0.15, 0.2) is 42.6 Å². The van der Waals surface area contributed by atoms with Crippen molar-refractivity contribution in [2.45, 2.75) is 6.92 Å². The highest BCUT2D eigenvalue weighted by Crippen LogP contribution is 2.13. The zero-order chi connectivity index (χ0) is 11.5. The summed E-state index contributed by atoms with van der Waals surface area (Å²) in [4.78, 5) is 16.0. The number of aromatic nitrogens is 1. The van der Waals surface area contributed by atoms with E-state index in [2.05, 4.69) is 4.98 Å². The quantitative estimate of drug-likeness (QED) is 0.776. The summed E-state index contributed by atoms with van der Waals surface area (Å²) in [6.45, 7) is 1.84. The van der Waals surface area contributed by atoms with Crippen molar-refractivity contribution in [3.05, 3.63) is 59.3 Å². The van der Waals surface area contributed by atoms with Crippen LogP contribution in [0.2, 0.25) is 0 Å². The average molecular weight is 212 g/mol. The van der Waals surface area contributed by atoms with E-state index in [9.17, 15) is 4.79 Å². The molecule has 0 bridgehead atoms. The van der Waals surface area contributed by atoms with E-state index < -0.39 is 0 Å². The Morgan fingerprint density at radius 1 is 1.19 bits per heavy atom. The molecule has 0 aliphatic rings. The number of aryl methyl sites for hydroxylation is 1. The van der Waals surface area contributed by atoms with Crippen LogP contribution in [0.5, 0.6) is 0 Å². The molecule has 2 N–H and O–H groups in total. The van der Waals surface area contributed by atoms with Crippen molar-refractivity contribution in [1.29, 1.82) is 0 Å². The van der Waals surface area contributed by atoms with Crippen LogP contribution in [-0.2, 0) is 0 Å². The Kier molecular flexibility index (Phi) is 2.68. The summed E-state index contributed by atoms with van der Waals surface area (Å²) < 4.78 is 0. The summed E-state index contributed by atoms with van der Waals surface area (Å²) in [6, 6.07) is 10.9. The number of carbonyl (C=O) groups is 1. The minimum absolute atomic E-state index is 0.0313. The predicted octanol–water partition coefficient (Wildman–Crippen LogP) is 2.20. The first-order chi connectivity index (χ1) is 7.68. The number of hydrogen-bond acceptors (Lipinski definition) is 3. The maximum atomic E-state index is 12.0. The van der Waals surface area contributed by atoms with E-state index in [1.807, 2.05) is 25.1 Å². The molecule has 3 nitrogen and oxygen atoms in total. The number of ketones is 1. The minimum atomic E-state index is -0.0313. The lowest BCUT2D eigenvalue weighted by Crippen LogP contribution is -2.04. The normalized spacial score (nSPS) is 10.1. The van der Waals surface area contributed by atoms with Crippen molar-refractivity contribution in [2.75, 3.05) is 5.73 Å². The van der Waals surface area contributed by atoms with E-state index in [0.717, 1.165) is 5.56 Å². The Morgan fingerprint density at radius 3 is 2.50 bits per heavy atom. The van der Waals surface area contributed by atoms with Crippen molar-refractivity contribution in [1.82, 2.24) is 4.98 Å². The van der Waals surface area contributed by atoms with Gasteiger partial charge in [0.2, 0.25) is 0 Å². The number of carbonyl (C=O) groups excluding carboxylic acids is 1. The van der Waals surface area contributed by atoms with Crippen LogP contribution < -0.4 is 5.73 Å². The summed E-state index contributed by atoms with van der Waals surface area (Å²) >= 11 is 0. The van der Waals surface area contributed by atoms with Crippen LogP contribution in [0.3, 0.4) is 0 Å². The SMILES string of the molecule is Cc1cc(C(=O)c2ccccc2)cnc1N. The number of nitrogen functional groups attached to an aromatic ring is 1. The fourth-order valence-corrected chi connectivity index (χ4v) is 1.47. The van der Waals surface area contributed by atoms with Gasteiger partial charge in [0.05, 0.1) is 0 Å². The zero-order valence-electron chi connectivity index (χ0n) is 8.97. The number of benzene rings is 1. The molecule has 3 heteroatoms. The van der Waals surface area contributed by atoms with E-state index in [-0.39, 0.29) is 5.78 Å². The Bertz CT molecular complexity index is 521. The zero-order valence-corrected chi connectivity index (χ0v) is 8.97. The highest BCUT2D eigenvalue weighted by molar-refractivity contribution is 6.08. The molecule has 0 spiro atoms. The van der Waals surface area contributed by atoms with Crippen LogP contribution in [0.25, 0.3) is 0 Å². The molecule has 0 unspecified atom stereocenters. The van der Waals surface area contributed by atoms with Crippen LogP contribution in [-0.4, -0.2) is 10.8 Å². The van der Waals surface area contributed by atoms with Crippen LogP contribution in [0.4, 0.5) is 5.82 Å². The number of pyridine rings is 1. The van der Waals surface area contributed by atoms with Gasteiger partial charge < -0.3 is 5.73 Å². The van der Waals surface area contributed by atoms with Gasteiger partial charge in [-0.05, 0) is 18.6 Å². The lowest BCUT2D eigenvalue weighted by atomic mass is 10.0. The Labute approximate surface area is 93.9 Å². The third-order valence-corrected chi connectivity index (χ3v) is 2.42. The van der Waals surface area contributed by atoms with Crippen molar-refractivity contribution < 1.29 is 4.79 Å². The van der Waals surface area contributed by atoms with E-state index in [4.69, 9.17) is 5.73 Å². The summed E-state index contributed by atoms with van der Waals surface area (Å²) in [5.41, 5.74) is 7.65. The smallest absolute Gasteiger partial charge is 0.194 e. The van der Waals surface area contributed by atoms with Gasteiger partial charge in [-0.3, -0.25) is 4.79 Å². The first-order valence-corrected chi connectivity index (χ1v) is 5.00. The monoisotopic (exact) mass is 212 g/mol. The number of nitrogens with zero attached hydrogens (tertiary/aromatic N) is 1. The average Bonchev–Trinajstić information content (AvgIpc) is 2.33. The van der Waals surface area contributed by atoms with Crippen LogP contribution in [0, 0.1) is 6.92 Å². The molecular weight excluding hydrogens is 200 g/mol. The molecule has 0 atom stereocenters. The largest absolute Gasteiger partial charge is 0.383 e. The van der Waals surface area contributed by atoms with E-state index in [1.165, 1.54) is 6.20 Å². The molecule has 0 saturated heterocycles. The second-order valence-corrected chi connectivity index (χ2v) is 3.62. The van der Waals surface area contributed by atoms with E-state index in [0.29, 0.717) is 16.9 Å². The Hall–Kier alpha value is -2.16. The third-order valence-electron chi connectivity index (χ3n) is 2.42. The van der Waals surface area contributed by atoms with Gasteiger partial charge in [-0.2, -0.15) is 0 Å². The summed E-state index contributed by atoms with van der Waals surface area (Å²) in [5.74, 6) is 0.431. The van der Waals surface area contributed by atoms with Crippen molar-refractivity contribution in [2.24, 2.45) is 0 Å². The molecule has 1 aromatic carbocycles.